The summed E-state index contributed by atoms with van der Waals surface area (Å²) in [6.07, 6.45) is -2.02. The molecule has 1 saturated heterocycles. The molecule has 1 aliphatic heterocycles. The number of nitrogens with zero attached hydrogens (tertiary/aromatic N) is 3. The molecule has 2 heterocycles. The molecule has 3 N–H and O–H groups in total. The largest absolute Gasteiger partial charge is 0.421 e. The van der Waals surface area contributed by atoms with Crippen LogP contribution in [0.4, 0.5) is 36.3 Å². The van der Waals surface area contributed by atoms with Crippen molar-refractivity contribution in [2.45, 2.75) is 51.9 Å². The molecule has 4 rings (SSSR count). The monoisotopic (exact) mass is 606 g/mol. The van der Waals surface area contributed by atoms with Crippen LogP contribution >= 0.6 is 0 Å². The van der Waals surface area contributed by atoms with Crippen LogP contribution in [0.25, 0.3) is 0 Å². The van der Waals surface area contributed by atoms with Gasteiger partial charge >= 0.3 is 6.18 Å². The predicted octanol–water partition coefficient (Wildman–Crippen LogP) is 4.59. The average Bonchev–Trinajstić information content (AvgIpc) is 2.96. The van der Waals surface area contributed by atoms with E-state index in [-0.39, 0.29) is 24.4 Å². The molecule has 1 aromatic heterocycles. The van der Waals surface area contributed by atoms with Gasteiger partial charge in [-0.3, -0.25) is 9.10 Å². The molecule has 0 atom stereocenters. The van der Waals surface area contributed by atoms with Crippen molar-refractivity contribution in [2.24, 2.45) is 0 Å². The Kier molecular flexibility index (Phi) is 9.89. The number of alkyl halides is 3. The Morgan fingerprint density at radius 3 is 2.52 bits per heavy atom. The standard InChI is InChI=1S/C28H33F3N6O4S/c1-4-18-14-19(26(38)34-21-9-11-41-12-10-21)7-8-23(18)35-27-33-16-22(28(29,30)31)25(36-27)32-15-20-6-5-17(2)13-24(20)37(3)42(39)40/h5-8,13-14,16,21,42H,4,9-12,15H2,1-3H3,(H,34,38)(H2,32,33,35,36). The highest BCUT2D eigenvalue weighted by Crippen LogP contribution is 2.35. The quantitative estimate of drug-likeness (QED) is 0.247. The topological polar surface area (TPSA) is 126 Å². The Balaban J connectivity index is 1.57. The molecule has 2 aromatic carbocycles. The maximum atomic E-state index is 13.8. The van der Waals surface area contributed by atoms with Crippen molar-refractivity contribution >= 4 is 39.9 Å². The second-order valence-electron chi connectivity index (χ2n) is 9.91. The van der Waals surface area contributed by atoms with Crippen LogP contribution in [-0.2, 0) is 34.8 Å². The maximum Gasteiger partial charge on any atom is 0.421 e. The molecule has 0 radical (unpaired) electrons. The smallest absolute Gasteiger partial charge is 0.381 e. The van der Waals surface area contributed by atoms with Gasteiger partial charge in [0.25, 0.3) is 5.91 Å². The van der Waals surface area contributed by atoms with Gasteiger partial charge in [-0.2, -0.15) is 18.2 Å². The van der Waals surface area contributed by atoms with Crippen molar-refractivity contribution in [1.29, 1.82) is 0 Å². The van der Waals surface area contributed by atoms with Crippen LogP contribution in [0.1, 0.15) is 52.4 Å². The first-order chi connectivity index (χ1) is 20.0. The van der Waals surface area contributed by atoms with Crippen molar-refractivity contribution in [2.75, 3.05) is 35.2 Å². The maximum absolute atomic E-state index is 13.8. The summed E-state index contributed by atoms with van der Waals surface area (Å²) in [5.41, 5.74) is 2.30. The molecule has 1 fully saturated rings. The van der Waals surface area contributed by atoms with Gasteiger partial charge in [-0.05, 0) is 67.1 Å². The molecule has 3 aromatic rings. The molecule has 10 nitrogen and oxygen atoms in total. The average molecular weight is 607 g/mol. The number of carbonyl (C=O) groups is 1. The lowest BCUT2D eigenvalue weighted by atomic mass is 10.0. The zero-order valence-electron chi connectivity index (χ0n) is 23.4. The summed E-state index contributed by atoms with van der Waals surface area (Å²) in [5, 5.41) is 8.70. The Morgan fingerprint density at radius 1 is 1.12 bits per heavy atom. The summed E-state index contributed by atoms with van der Waals surface area (Å²) >= 11 is 0. The number of hydrogen-bond acceptors (Lipinski definition) is 8. The molecule has 0 unspecified atom stereocenters. The third kappa shape index (κ3) is 7.68. The van der Waals surface area contributed by atoms with E-state index in [1.807, 2.05) is 6.92 Å². The summed E-state index contributed by atoms with van der Waals surface area (Å²) in [6, 6.07) is 10.1. The van der Waals surface area contributed by atoms with Crippen LogP contribution in [0.2, 0.25) is 0 Å². The van der Waals surface area contributed by atoms with Crippen LogP contribution in [-0.4, -0.2) is 50.6 Å². The third-order valence-electron chi connectivity index (χ3n) is 6.93. The van der Waals surface area contributed by atoms with Crippen molar-refractivity contribution in [1.82, 2.24) is 15.3 Å². The number of aryl methyl sites for hydroxylation is 2. The van der Waals surface area contributed by atoms with Crippen molar-refractivity contribution in [3.05, 3.63) is 70.4 Å². The van der Waals surface area contributed by atoms with E-state index >= 15 is 0 Å². The van der Waals surface area contributed by atoms with E-state index in [0.29, 0.717) is 48.3 Å². The normalized spacial score (nSPS) is 14.1. The first-order valence-electron chi connectivity index (χ1n) is 13.4. The first-order valence-corrected chi connectivity index (χ1v) is 14.5. The van der Waals surface area contributed by atoms with E-state index < -0.39 is 28.4 Å². The molecular weight excluding hydrogens is 573 g/mol. The first kappa shape index (κ1) is 31.0. The predicted molar refractivity (Wildman–Crippen MR) is 155 cm³/mol. The number of aromatic nitrogens is 2. The Bertz CT molecular complexity index is 1500. The minimum absolute atomic E-state index is 0.0417. The molecule has 1 aliphatic rings. The molecule has 0 bridgehead atoms. The minimum atomic E-state index is -4.74. The van der Waals surface area contributed by atoms with Gasteiger partial charge in [-0.1, -0.05) is 19.1 Å². The van der Waals surface area contributed by atoms with E-state index in [1.165, 1.54) is 7.05 Å². The molecule has 14 heteroatoms. The summed E-state index contributed by atoms with van der Waals surface area (Å²) < 4.78 is 71.0. The van der Waals surface area contributed by atoms with Crippen LogP contribution < -0.4 is 20.3 Å². The van der Waals surface area contributed by atoms with Crippen LogP contribution in [0.15, 0.2) is 42.6 Å². The summed E-state index contributed by atoms with van der Waals surface area (Å²) in [7, 11) is -1.58. The fraction of sp³-hybridized carbons (Fsp3) is 0.393. The third-order valence-corrected chi connectivity index (χ3v) is 7.63. The van der Waals surface area contributed by atoms with Crippen LogP contribution in [0.3, 0.4) is 0 Å². The van der Waals surface area contributed by atoms with Gasteiger partial charge in [0.1, 0.15) is 11.4 Å². The highest BCUT2D eigenvalue weighted by Gasteiger charge is 2.35. The van der Waals surface area contributed by atoms with Gasteiger partial charge in [0.05, 0.1) is 5.69 Å². The second-order valence-corrected chi connectivity index (χ2v) is 11.0. The lowest BCUT2D eigenvalue weighted by molar-refractivity contribution is -0.137. The number of nitrogens with one attached hydrogen (secondary N) is 3. The van der Waals surface area contributed by atoms with E-state index in [4.69, 9.17) is 4.74 Å². The number of rotatable bonds is 10. The number of amides is 1. The number of benzene rings is 2. The highest BCUT2D eigenvalue weighted by molar-refractivity contribution is 7.74. The highest BCUT2D eigenvalue weighted by atomic mass is 32.2. The molecule has 0 spiro atoms. The summed E-state index contributed by atoms with van der Waals surface area (Å²) in [5.74, 6) is -0.752. The zero-order valence-corrected chi connectivity index (χ0v) is 24.3. The van der Waals surface area contributed by atoms with Crippen LogP contribution in [0, 0.1) is 6.92 Å². The van der Waals surface area contributed by atoms with Gasteiger partial charge in [-0.25, -0.2) is 13.4 Å². The fourth-order valence-corrected chi connectivity index (χ4v) is 4.92. The van der Waals surface area contributed by atoms with Gasteiger partial charge in [0.2, 0.25) is 16.8 Å². The van der Waals surface area contributed by atoms with E-state index in [0.717, 1.165) is 28.3 Å². The van der Waals surface area contributed by atoms with Crippen molar-refractivity contribution < 1.29 is 31.1 Å². The Morgan fingerprint density at radius 2 is 1.86 bits per heavy atom. The van der Waals surface area contributed by atoms with Crippen molar-refractivity contribution in [3.8, 4) is 0 Å². The van der Waals surface area contributed by atoms with Gasteiger partial charge < -0.3 is 20.7 Å². The number of hydrogen-bond donors (Lipinski definition) is 4. The molecule has 0 saturated carbocycles. The van der Waals surface area contributed by atoms with Gasteiger partial charge in [0, 0.05) is 50.3 Å². The molecule has 1 amide bonds. The number of carbonyl (C=O) groups excluding carboxylic acids is 1. The van der Waals surface area contributed by atoms with Gasteiger partial charge in [0.15, 0.2) is 0 Å². The van der Waals surface area contributed by atoms with Crippen LogP contribution in [0.5, 0.6) is 0 Å². The molecular formula is C28H33F3N6O4S. The minimum Gasteiger partial charge on any atom is -0.381 e. The lowest BCUT2D eigenvalue weighted by Gasteiger charge is -2.23. The van der Waals surface area contributed by atoms with Crippen molar-refractivity contribution in [3.63, 3.8) is 0 Å². The Hall–Kier alpha value is -3.91. The number of thiol groups is 1. The fourth-order valence-electron chi connectivity index (χ4n) is 4.56. The second kappa shape index (κ2) is 13.4. The summed E-state index contributed by atoms with van der Waals surface area (Å²) in [6.45, 7) is 4.75. The number of ether oxygens (including phenoxy) is 1. The summed E-state index contributed by atoms with van der Waals surface area (Å²) in [4.78, 5) is 20.8. The van der Waals surface area contributed by atoms with E-state index in [2.05, 4.69) is 25.9 Å². The number of halogens is 3. The number of anilines is 4. The molecule has 0 aliphatic carbocycles. The van der Waals surface area contributed by atoms with E-state index in [9.17, 15) is 26.4 Å². The van der Waals surface area contributed by atoms with E-state index in [1.54, 1.807) is 43.3 Å². The molecule has 42 heavy (non-hydrogen) atoms. The lowest BCUT2D eigenvalue weighted by Crippen LogP contribution is -2.38. The SMILES string of the molecule is CCc1cc(C(=O)NC2CCOCC2)ccc1Nc1ncc(C(F)(F)F)c(NCc2ccc(C)cc2N(C)[SH](=O)=O)n1. The Labute approximate surface area is 243 Å². The van der Waals surface area contributed by atoms with Gasteiger partial charge in [-0.15, -0.1) is 0 Å². The molecule has 226 valence electrons. The zero-order chi connectivity index (χ0) is 30.4.